The fourth-order valence-corrected chi connectivity index (χ4v) is 3.68. The van der Waals surface area contributed by atoms with E-state index >= 15 is 0 Å². The molecule has 142 valence electrons. The Bertz CT molecular complexity index is 958. The second-order valence-corrected chi connectivity index (χ2v) is 7.26. The fraction of sp³-hybridized carbons (Fsp3) is 0.261. The molecule has 0 unspecified atom stereocenters. The molecular weight excluding hydrogens is 348 g/mol. The second kappa shape index (κ2) is 8.21. The third-order valence-electron chi connectivity index (χ3n) is 5.10. The third kappa shape index (κ3) is 4.19. The minimum Gasteiger partial charge on any atom is -0.338 e. The van der Waals surface area contributed by atoms with Crippen molar-refractivity contribution in [1.82, 2.24) is 14.9 Å². The predicted molar refractivity (Wildman–Crippen MR) is 111 cm³/mol. The van der Waals surface area contributed by atoms with Gasteiger partial charge in [-0.3, -0.25) is 4.79 Å². The molecule has 2 aromatic carbocycles. The van der Waals surface area contributed by atoms with Gasteiger partial charge < -0.3 is 10.2 Å². The molecule has 1 aromatic heterocycles. The van der Waals surface area contributed by atoms with Crippen LogP contribution in [0.2, 0.25) is 0 Å². The molecule has 0 spiro atoms. The average Bonchev–Trinajstić information content (AvgIpc) is 2.74. The summed E-state index contributed by atoms with van der Waals surface area (Å²) in [6.45, 7) is 3.54. The Kier molecular flexibility index (Phi) is 5.33. The van der Waals surface area contributed by atoms with E-state index < -0.39 is 0 Å². The summed E-state index contributed by atoms with van der Waals surface area (Å²) in [6.07, 6.45) is 3.80. The molecule has 28 heavy (non-hydrogen) atoms. The first-order valence-electron chi connectivity index (χ1n) is 9.70. The van der Waals surface area contributed by atoms with E-state index in [4.69, 9.17) is 4.98 Å². The molecule has 1 N–H and O–H groups in total. The molecular formula is C23H24N4O. The maximum Gasteiger partial charge on any atom is 0.253 e. The highest BCUT2D eigenvalue weighted by molar-refractivity contribution is 5.94. The van der Waals surface area contributed by atoms with Crippen LogP contribution in [0.3, 0.4) is 0 Å². The lowest BCUT2D eigenvalue weighted by molar-refractivity contribution is 0.0706. The number of benzene rings is 2. The molecule has 0 radical (unpaired) electrons. The van der Waals surface area contributed by atoms with Crippen LogP contribution in [0.15, 0.2) is 66.9 Å². The van der Waals surface area contributed by atoms with Crippen molar-refractivity contribution in [2.75, 3.05) is 18.4 Å². The molecule has 1 amide bonds. The van der Waals surface area contributed by atoms with Crippen LogP contribution in [-0.4, -0.2) is 33.9 Å². The number of amides is 1. The molecule has 1 atom stereocenters. The van der Waals surface area contributed by atoms with E-state index in [1.165, 1.54) is 5.56 Å². The van der Waals surface area contributed by atoms with Crippen molar-refractivity contribution in [3.05, 3.63) is 83.7 Å². The summed E-state index contributed by atoms with van der Waals surface area (Å²) < 4.78 is 0. The minimum atomic E-state index is 0.0949. The Morgan fingerprint density at radius 2 is 1.96 bits per heavy atom. The number of hydrogen-bond acceptors (Lipinski definition) is 4. The normalized spacial score (nSPS) is 16.6. The number of nitrogens with zero attached hydrogens (tertiary/aromatic N) is 3. The Morgan fingerprint density at radius 3 is 2.79 bits per heavy atom. The number of nitrogens with one attached hydrogen (secondary N) is 1. The van der Waals surface area contributed by atoms with Gasteiger partial charge in [0.15, 0.2) is 0 Å². The SMILES string of the molecule is Cc1cccc(Nc2nccc([C@@H]3CCCN(C(=O)c4ccccc4)C3)n2)c1. The zero-order chi connectivity index (χ0) is 19.3. The zero-order valence-corrected chi connectivity index (χ0v) is 16.0. The molecule has 3 aromatic rings. The van der Waals surface area contributed by atoms with Gasteiger partial charge in [-0.1, -0.05) is 30.3 Å². The third-order valence-corrected chi connectivity index (χ3v) is 5.10. The Balaban J connectivity index is 1.48. The van der Waals surface area contributed by atoms with Crippen LogP contribution in [0.1, 0.15) is 40.4 Å². The molecule has 1 aliphatic rings. The number of anilines is 2. The number of carbonyl (C=O) groups excluding carboxylic acids is 1. The van der Waals surface area contributed by atoms with E-state index in [2.05, 4.69) is 29.4 Å². The number of rotatable bonds is 4. The molecule has 0 bridgehead atoms. The number of aryl methyl sites for hydroxylation is 1. The summed E-state index contributed by atoms with van der Waals surface area (Å²) in [5.41, 5.74) is 3.88. The molecule has 1 saturated heterocycles. The van der Waals surface area contributed by atoms with Crippen molar-refractivity contribution in [2.45, 2.75) is 25.7 Å². The van der Waals surface area contributed by atoms with Crippen LogP contribution in [0, 0.1) is 6.92 Å². The van der Waals surface area contributed by atoms with Crippen LogP contribution < -0.4 is 5.32 Å². The smallest absolute Gasteiger partial charge is 0.253 e. The van der Waals surface area contributed by atoms with Gasteiger partial charge in [-0.2, -0.15) is 0 Å². The number of aromatic nitrogens is 2. The lowest BCUT2D eigenvalue weighted by Crippen LogP contribution is -2.39. The first kappa shape index (κ1) is 18.2. The van der Waals surface area contributed by atoms with Crippen molar-refractivity contribution in [3.8, 4) is 0 Å². The Labute approximate surface area is 165 Å². The number of hydrogen-bond donors (Lipinski definition) is 1. The summed E-state index contributed by atoms with van der Waals surface area (Å²) in [4.78, 5) is 23.8. The van der Waals surface area contributed by atoms with Gasteiger partial charge in [0.25, 0.3) is 5.91 Å². The monoisotopic (exact) mass is 372 g/mol. The minimum absolute atomic E-state index is 0.0949. The van der Waals surface area contributed by atoms with Crippen LogP contribution in [0.5, 0.6) is 0 Å². The highest BCUT2D eigenvalue weighted by atomic mass is 16.2. The summed E-state index contributed by atoms with van der Waals surface area (Å²) in [7, 11) is 0. The van der Waals surface area contributed by atoms with Gasteiger partial charge in [0, 0.05) is 36.5 Å². The molecule has 0 aliphatic carbocycles. The first-order valence-corrected chi connectivity index (χ1v) is 9.70. The van der Waals surface area contributed by atoms with Gasteiger partial charge in [0.1, 0.15) is 0 Å². The average molecular weight is 372 g/mol. The standard InChI is InChI=1S/C23H24N4O/c1-17-7-5-11-20(15-17)25-23-24-13-12-21(26-23)19-10-6-14-27(16-19)22(28)18-8-3-2-4-9-18/h2-5,7-9,11-13,15,19H,6,10,14,16H2,1H3,(H,24,25,26)/t19-/m1/s1. The van der Waals surface area contributed by atoms with E-state index in [0.717, 1.165) is 36.3 Å². The van der Waals surface area contributed by atoms with E-state index in [1.54, 1.807) is 6.20 Å². The topological polar surface area (TPSA) is 58.1 Å². The lowest BCUT2D eigenvalue weighted by Gasteiger charge is -2.32. The highest BCUT2D eigenvalue weighted by Gasteiger charge is 2.26. The summed E-state index contributed by atoms with van der Waals surface area (Å²) >= 11 is 0. The van der Waals surface area contributed by atoms with E-state index in [1.807, 2.05) is 53.4 Å². The van der Waals surface area contributed by atoms with E-state index in [-0.39, 0.29) is 11.8 Å². The van der Waals surface area contributed by atoms with Crippen LogP contribution in [0.4, 0.5) is 11.6 Å². The van der Waals surface area contributed by atoms with Crippen LogP contribution >= 0.6 is 0 Å². The number of likely N-dealkylation sites (tertiary alicyclic amines) is 1. The van der Waals surface area contributed by atoms with Gasteiger partial charge in [-0.25, -0.2) is 9.97 Å². The van der Waals surface area contributed by atoms with Crippen molar-refractivity contribution in [1.29, 1.82) is 0 Å². The van der Waals surface area contributed by atoms with E-state index in [0.29, 0.717) is 12.5 Å². The molecule has 1 aliphatic heterocycles. The van der Waals surface area contributed by atoms with Gasteiger partial charge >= 0.3 is 0 Å². The van der Waals surface area contributed by atoms with Crippen molar-refractivity contribution in [2.24, 2.45) is 0 Å². The van der Waals surface area contributed by atoms with E-state index in [9.17, 15) is 4.79 Å². The molecule has 0 saturated carbocycles. The highest BCUT2D eigenvalue weighted by Crippen LogP contribution is 2.27. The number of carbonyl (C=O) groups is 1. The zero-order valence-electron chi connectivity index (χ0n) is 16.0. The van der Waals surface area contributed by atoms with Gasteiger partial charge in [-0.15, -0.1) is 0 Å². The van der Waals surface area contributed by atoms with Gasteiger partial charge in [0.2, 0.25) is 5.95 Å². The molecule has 2 heterocycles. The quantitative estimate of drug-likeness (QED) is 0.730. The summed E-state index contributed by atoms with van der Waals surface area (Å²) in [5.74, 6) is 0.912. The van der Waals surface area contributed by atoms with Crippen LogP contribution in [0.25, 0.3) is 0 Å². The van der Waals surface area contributed by atoms with Crippen molar-refractivity contribution < 1.29 is 4.79 Å². The molecule has 5 heteroatoms. The van der Waals surface area contributed by atoms with Crippen molar-refractivity contribution in [3.63, 3.8) is 0 Å². The second-order valence-electron chi connectivity index (χ2n) is 7.26. The maximum absolute atomic E-state index is 12.8. The predicted octanol–water partition coefficient (Wildman–Crippen LogP) is 4.55. The lowest BCUT2D eigenvalue weighted by atomic mass is 9.94. The largest absolute Gasteiger partial charge is 0.338 e. The maximum atomic E-state index is 12.8. The number of piperidine rings is 1. The fourth-order valence-electron chi connectivity index (χ4n) is 3.68. The first-order chi connectivity index (χ1) is 13.7. The molecule has 1 fully saturated rings. The molecule has 4 rings (SSSR count). The summed E-state index contributed by atoms with van der Waals surface area (Å²) in [5, 5.41) is 3.28. The molecule has 5 nitrogen and oxygen atoms in total. The van der Waals surface area contributed by atoms with Gasteiger partial charge in [0.05, 0.1) is 5.69 Å². The Morgan fingerprint density at radius 1 is 1.11 bits per heavy atom. The van der Waals surface area contributed by atoms with Crippen LogP contribution in [-0.2, 0) is 0 Å². The van der Waals surface area contributed by atoms with Crippen molar-refractivity contribution >= 4 is 17.5 Å². The van der Waals surface area contributed by atoms with Gasteiger partial charge in [-0.05, 0) is 55.7 Å². The summed E-state index contributed by atoms with van der Waals surface area (Å²) in [6, 6.07) is 19.6. The Hall–Kier alpha value is -3.21.